The Hall–Kier alpha value is -0.910. The fourth-order valence-electron chi connectivity index (χ4n) is 2.87. The average Bonchev–Trinajstić information content (AvgIpc) is 2.47. The Morgan fingerprint density at radius 2 is 2.05 bits per heavy atom. The number of unbranched alkanes of at least 4 members (excludes halogenated alkanes) is 1. The standard InChI is InChI=1S/C16H26N2O2S/c1-2-17-12-5-6-13-21(19,20)18-16-11-7-9-14-8-3-4-10-15(14)16/h3-4,8,10,16-18H,2,5-7,9,11-13H2,1H3. The molecule has 4 nitrogen and oxygen atoms in total. The molecule has 0 aliphatic heterocycles. The van der Waals surface area contributed by atoms with Gasteiger partial charge in [0.05, 0.1) is 5.75 Å². The molecule has 0 heterocycles. The van der Waals surface area contributed by atoms with Gasteiger partial charge in [-0.25, -0.2) is 13.1 Å². The van der Waals surface area contributed by atoms with Crippen LogP contribution in [0.15, 0.2) is 24.3 Å². The summed E-state index contributed by atoms with van der Waals surface area (Å²) in [6.45, 7) is 3.88. The van der Waals surface area contributed by atoms with Crippen molar-refractivity contribution in [3.63, 3.8) is 0 Å². The second-order valence-corrected chi connectivity index (χ2v) is 7.51. The molecule has 1 aromatic rings. The number of hydrogen-bond acceptors (Lipinski definition) is 3. The first-order chi connectivity index (χ1) is 10.1. The summed E-state index contributed by atoms with van der Waals surface area (Å²) in [5, 5.41) is 3.21. The SMILES string of the molecule is CCNCCCCS(=O)(=O)NC1CCCc2ccccc21. The van der Waals surface area contributed by atoms with Gasteiger partial charge in [-0.3, -0.25) is 0 Å². The third-order valence-electron chi connectivity index (χ3n) is 3.96. The number of hydrogen-bond donors (Lipinski definition) is 2. The van der Waals surface area contributed by atoms with Gasteiger partial charge in [-0.15, -0.1) is 0 Å². The average molecular weight is 310 g/mol. The van der Waals surface area contributed by atoms with E-state index in [1.165, 1.54) is 5.56 Å². The highest BCUT2D eigenvalue weighted by Gasteiger charge is 2.23. The fourth-order valence-corrected chi connectivity index (χ4v) is 4.25. The molecule has 1 atom stereocenters. The molecular weight excluding hydrogens is 284 g/mol. The predicted molar refractivity (Wildman–Crippen MR) is 86.8 cm³/mol. The van der Waals surface area contributed by atoms with Crippen LogP contribution in [0.5, 0.6) is 0 Å². The van der Waals surface area contributed by atoms with E-state index in [1.54, 1.807) is 0 Å². The van der Waals surface area contributed by atoms with E-state index in [4.69, 9.17) is 0 Å². The van der Waals surface area contributed by atoms with E-state index in [0.717, 1.165) is 44.3 Å². The third-order valence-corrected chi connectivity index (χ3v) is 5.43. The summed E-state index contributed by atoms with van der Waals surface area (Å²) in [6.07, 6.45) is 4.60. The zero-order chi connectivity index (χ0) is 15.1. The summed E-state index contributed by atoms with van der Waals surface area (Å²) < 4.78 is 27.3. The summed E-state index contributed by atoms with van der Waals surface area (Å²) in [5.41, 5.74) is 2.43. The van der Waals surface area contributed by atoms with Crippen molar-refractivity contribution in [2.24, 2.45) is 0 Å². The van der Waals surface area contributed by atoms with Crippen LogP contribution in [-0.2, 0) is 16.4 Å². The van der Waals surface area contributed by atoms with Crippen molar-refractivity contribution in [3.8, 4) is 0 Å². The number of aryl methyl sites for hydroxylation is 1. The van der Waals surface area contributed by atoms with Crippen LogP contribution in [-0.4, -0.2) is 27.3 Å². The molecular formula is C16H26N2O2S. The van der Waals surface area contributed by atoms with Crippen LogP contribution in [0.4, 0.5) is 0 Å². The third kappa shape index (κ3) is 5.09. The fraction of sp³-hybridized carbons (Fsp3) is 0.625. The maximum atomic E-state index is 12.2. The van der Waals surface area contributed by atoms with Gasteiger partial charge in [-0.1, -0.05) is 31.2 Å². The summed E-state index contributed by atoms with van der Waals surface area (Å²) in [7, 11) is -3.19. The van der Waals surface area contributed by atoms with E-state index in [9.17, 15) is 8.42 Å². The first-order valence-corrected chi connectivity index (χ1v) is 9.56. The van der Waals surface area contributed by atoms with Gasteiger partial charge in [-0.05, 0) is 56.3 Å². The van der Waals surface area contributed by atoms with Crippen molar-refractivity contribution in [2.75, 3.05) is 18.8 Å². The lowest BCUT2D eigenvalue weighted by Crippen LogP contribution is -2.33. The van der Waals surface area contributed by atoms with E-state index in [0.29, 0.717) is 6.42 Å². The lowest BCUT2D eigenvalue weighted by molar-refractivity contribution is 0.505. The van der Waals surface area contributed by atoms with E-state index in [2.05, 4.69) is 23.0 Å². The Morgan fingerprint density at radius 1 is 1.24 bits per heavy atom. The molecule has 0 saturated carbocycles. The molecule has 21 heavy (non-hydrogen) atoms. The number of nitrogens with one attached hydrogen (secondary N) is 2. The highest BCUT2D eigenvalue weighted by Crippen LogP contribution is 2.29. The maximum absolute atomic E-state index is 12.2. The minimum atomic E-state index is -3.19. The molecule has 1 aliphatic carbocycles. The molecule has 0 aromatic heterocycles. The molecule has 2 rings (SSSR count). The molecule has 0 amide bonds. The largest absolute Gasteiger partial charge is 0.317 e. The van der Waals surface area contributed by atoms with Crippen LogP contribution in [0.3, 0.4) is 0 Å². The first kappa shape index (κ1) is 16.5. The number of rotatable bonds is 8. The summed E-state index contributed by atoms with van der Waals surface area (Å²) in [5.74, 6) is 0.219. The monoisotopic (exact) mass is 310 g/mol. The summed E-state index contributed by atoms with van der Waals surface area (Å²) in [4.78, 5) is 0. The highest BCUT2D eigenvalue weighted by atomic mass is 32.2. The van der Waals surface area contributed by atoms with Crippen LogP contribution < -0.4 is 10.0 Å². The summed E-state index contributed by atoms with van der Waals surface area (Å²) >= 11 is 0. The van der Waals surface area contributed by atoms with Crippen molar-refractivity contribution >= 4 is 10.0 Å². The molecule has 0 fully saturated rings. The van der Waals surface area contributed by atoms with E-state index >= 15 is 0 Å². The van der Waals surface area contributed by atoms with Crippen molar-refractivity contribution in [3.05, 3.63) is 35.4 Å². The van der Waals surface area contributed by atoms with Crippen molar-refractivity contribution in [1.29, 1.82) is 0 Å². The van der Waals surface area contributed by atoms with Gasteiger partial charge in [0.2, 0.25) is 10.0 Å². The minimum Gasteiger partial charge on any atom is -0.317 e. The molecule has 2 N–H and O–H groups in total. The number of sulfonamides is 1. The van der Waals surface area contributed by atoms with Crippen LogP contribution in [0, 0.1) is 0 Å². The smallest absolute Gasteiger partial charge is 0.212 e. The lowest BCUT2D eigenvalue weighted by atomic mass is 9.88. The van der Waals surface area contributed by atoms with E-state index < -0.39 is 10.0 Å². The number of fused-ring (bicyclic) bond motifs is 1. The first-order valence-electron chi connectivity index (χ1n) is 7.91. The number of benzene rings is 1. The Kier molecular flexibility index (Phi) is 6.21. The second kappa shape index (κ2) is 7.92. The zero-order valence-electron chi connectivity index (χ0n) is 12.8. The van der Waals surface area contributed by atoms with Gasteiger partial charge in [0, 0.05) is 6.04 Å². The minimum absolute atomic E-state index is 0.0475. The van der Waals surface area contributed by atoms with Crippen molar-refractivity contribution in [1.82, 2.24) is 10.0 Å². The molecule has 5 heteroatoms. The lowest BCUT2D eigenvalue weighted by Gasteiger charge is -2.26. The van der Waals surface area contributed by atoms with Crippen LogP contribution in [0.1, 0.15) is 49.8 Å². The van der Waals surface area contributed by atoms with E-state index in [1.807, 2.05) is 18.2 Å². The Balaban J connectivity index is 1.89. The topological polar surface area (TPSA) is 58.2 Å². The molecule has 1 aromatic carbocycles. The Bertz CT molecular complexity index is 543. The molecule has 0 spiro atoms. The van der Waals surface area contributed by atoms with Gasteiger partial charge in [-0.2, -0.15) is 0 Å². The quantitative estimate of drug-likeness (QED) is 0.725. The van der Waals surface area contributed by atoms with Gasteiger partial charge >= 0.3 is 0 Å². The highest BCUT2D eigenvalue weighted by molar-refractivity contribution is 7.89. The van der Waals surface area contributed by atoms with Crippen LogP contribution in [0.25, 0.3) is 0 Å². The van der Waals surface area contributed by atoms with E-state index in [-0.39, 0.29) is 11.8 Å². The molecule has 1 aliphatic rings. The predicted octanol–water partition coefficient (Wildman–Crippen LogP) is 2.37. The van der Waals surface area contributed by atoms with Gasteiger partial charge in [0.1, 0.15) is 0 Å². The van der Waals surface area contributed by atoms with Crippen LogP contribution in [0.2, 0.25) is 0 Å². The normalized spacial score (nSPS) is 18.4. The van der Waals surface area contributed by atoms with Gasteiger partial charge in [0.25, 0.3) is 0 Å². The van der Waals surface area contributed by atoms with Crippen molar-refractivity contribution < 1.29 is 8.42 Å². The Labute approximate surface area is 128 Å². The molecule has 1 unspecified atom stereocenters. The second-order valence-electron chi connectivity index (χ2n) is 5.64. The molecule has 0 bridgehead atoms. The van der Waals surface area contributed by atoms with Crippen LogP contribution >= 0.6 is 0 Å². The Morgan fingerprint density at radius 3 is 2.86 bits per heavy atom. The zero-order valence-corrected chi connectivity index (χ0v) is 13.6. The molecule has 118 valence electrons. The molecule has 0 saturated heterocycles. The van der Waals surface area contributed by atoms with Gasteiger partial charge < -0.3 is 5.32 Å². The molecule has 0 radical (unpaired) electrons. The maximum Gasteiger partial charge on any atom is 0.212 e. The van der Waals surface area contributed by atoms with Gasteiger partial charge in [0.15, 0.2) is 0 Å². The van der Waals surface area contributed by atoms with Crippen molar-refractivity contribution in [2.45, 2.75) is 45.1 Å². The summed E-state index contributed by atoms with van der Waals surface area (Å²) in [6, 6.07) is 8.12.